The smallest absolute Gasteiger partial charge is 0.250 e. The fraction of sp³-hybridized carbons (Fsp3) is 0.278. The Balaban J connectivity index is 1.53. The zero-order valence-corrected chi connectivity index (χ0v) is 13.6. The van der Waals surface area contributed by atoms with Gasteiger partial charge in [0.2, 0.25) is 5.91 Å². The van der Waals surface area contributed by atoms with Crippen molar-refractivity contribution in [3.05, 3.63) is 53.2 Å². The lowest BCUT2D eigenvalue weighted by molar-refractivity contribution is -0.126. The Kier molecular flexibility index (Phi) is 3.79. The highest BCUT2D eigenvalue weighted by Gasteiger charge is 2.24. The molecule has 2 aromatic rings. The Hall–Kier alpha value is -2.27. The van der Waals surface area contributed by atoms with E-state index in [1.54, 1.807) is 17.5 Å². The van der Waals surface area contributed by atoms with E-state index in [0.29, 0.717) is 6.42 Å². The van der Waals surface area contributed by atoms with Crippen LogP contribution in [0.5, 0.6) is 0 Å². The number of pyridine rings is 1. The number of hydrogen-bond acceptors (Lipinski definition) is 4. The second-order valence-electron chi connectivity index (χ2n) is 5.79. The van der Waals surface area contributed by atoms with Crippen molar-refractivity contribution in [2.45, 2.75) is 19.3 Å². The van der Waals surface area contributed by atoms with Crippen LogP contribution in [0, 0.1) is 0 Å². The van der Waals surface area contributed by atoms with E-state index in [1.807, 2.05) is 34.6 Å². The molecule has 0 atom stereocenters. The van der Waals surface area contributed by atoms with Gasteiger partial charge in [0, 0.05) is 30.2 Å². The van der Waals surface area contributed by atoms with E-state index in [0.717, 1.165) is 53.5 Å². The van der Waals surface area contributed by atoms with E-state index in [1.165, 1.54) is 0 Å². The summed E-state index contributed by atoms with van der Waals surface area (Å²) < 4.78 is 0. The molecule has 0 unspecified atom stereocenters. The summed E-state index contributed by atoms with van der Waals surface area (Å²) >= 11 is 1.59. The van der Waals surface area contributed by atoms with Crippen LogP contribution in [0.25, 0.3) is 16.3 Å². The van der Waals surface area contributed by atoms with E-state index in [-0.39, 0.29) is 5.91 Å². The van der Waals surface area contributed by atoms with Gasteiger partial charge in [0.05, 0.1) is 11.4 Å². The van der Waals surface area contributed by atoms with Crippen molar-refractivity contribution in [3.63, 3.8) is 0 Å². The largest absolute Gasteiger partial charge is 0.339 e. The van der Waals surface area contributed by atoms with Gasteiger partial charge in [0.15, 0.2) is 0 Å². The number of allylic oxidation sites excluding steroid dienone is 3. The third-order valence-electron chi connectivity index (χ3n) is 4.22. The summed E-state index contributed by atoms with van der Waals surface area (Å²) in [5.41, 5.74) is 3.75. The average Bonchev–Trinajstić information content (AvgIpc) is 3.35. The van der Waals surface area contributed by atoms with Crippen LogP contribution in [0.2, 0.25) is 0 Å². The molecule has 0 N–H and O–H groups in total. The molecule has 2 aliphatic rings. The molecule has 1 aliphatic heterocycles. The number of carbonyl (C=O) groups is 1. The Morgan fingerprint density at radius 3 is 2.83 bits per heavy atom. The molecule has 116 valence electrons. The number of carbonyl (C=O) groups excluding carboxylic acids is 1. The van der Waals surface area contributed by atoms with Crippen molar-refractivity contribution in [1.29, 1.82) is 0 Å². The molecular formula is C18H17N3OS. The molecule has 4 nitrogen and oxygen atoms in total. The van der Waals surface area contributed by atoms with E-state index < -0.39 is 0 Å². The predicted octanol–water partition coefficient (Wildman–Crippen LogP) is 3.54. The number of aromatic nitrogens is 2. The van der Waals surface area contributed by atoms with Crippen LogP contribution in [0.1, 0.15) is 25.0 Å². The number of rotatable bonds is 3. The number of nitrogens with zero attached hydrogens (tertiary/aromatic N) is 3. The first-order chi connectivity index (χ1) is 11.3. The van der Waals surface area contributed by atoms with Gasteiger partial charge in [-0.3, -0.25) is 9.78 Å². The van der Waals surface area contributed by atoms with Gasteiger partial charge in [-0.2, -0.15) is 0 Å². The van der Waals surface area contributed by atoms with Crippen LogP contribution >= 0.6 is 11.3 Å². The zero-order valence-electron chi connectivity index (χ0n) is 12.7. The first-order valence-electron chi connectivity index (χ1n) is 7.88. The van der Waals surface area contributed by atoms with E-state index in [2.05, 4.69) is 16.0 Å². The zero-order chi connectivity index (χ0) is 15.6. The standard InChI is InChI=1S/C18H17N3OS/c22-18(21-9-3-4-10-21)14-7-6-13(11-14)16-12-23-17(20-16)15-5-1-2-8-19-15/h1-2,5-6,8,11-12H,3-4,7,9-10H2. The normalized spacial score (nSPS) is 17.3. The first kappa shape index (κ1) is 14.3. The van der Waals surface area contributed by atoms with Crippen LogP contribution in [-0.4, -0.2) is 33.9 Å². The summed E-state index contributed by atoms with van der Waals surface area (Å²) in [4.78, 5) is 23.4. The summed E-state index contributed by atoms with van der Waals surface area (Å²) in [5.74, 6) is 0.189. The van der Waals surface area contributed by atoms with Crippen molar-refractivity contribution in [3.8, 4) is 10.7 Å². The van der Waals surface area contributed by atoms with Crippen LogP contribution in [0.4, 0.5) is 0 Å². The Morgan fingerprint density at radius 2 is 2.04 bits per heavy atom. The van der Waals surface area contributed by atoms with Crippen molar-refractivity contribution in [1.82, 2.24) is 14.9 Å². The molecule has 0 radical (unpaired) electrons. The molecule has 1 fully saturated rings. The molecule has 23 heavy (non-hydrogen) atoms. The van der Waals surface area contributed by atoms with Crippen molar-refractivity contribution >= 4 is 22.8 Å². The third kappa shape index (κ3) is 2.84. The summed E-state index contributed by atoms with van der Waals surface area (Å²) in [6, 6.07) is 5.82. The molecule has 0 saturated carbocycles. The fourth-order valence-corrected chi connectivity index (χ4v) is 3.79. The van der Waals surface area contributed by atoms with Gasteiger partial charge in [-0.25, -0.2) is 4.98 Å². The highest BCUT2D eigenvalue weighted by atomic mass is 32.1. The molecule has 2 aromatic heterocycles. The number of likely N-dealkylation sites (tertiary alicyclic amines) is 1. The van der Waals surface area contributed by atoms with Gasteiger partial charge in [-0.15, -0.1) is 11.3 Å². The molecule has 1 amide bonds. The molecule has 0 bridgehead atoms. The van der Waals surface area contributed by atoms with Gasteiger partial charge in [0.25, 0.3) is 0 Å². The molecule has 0 spiro atoms. The second kappa shape index (κ2) is 6.08. The highest BCUT2D eigenvalue weighted by molar-refractivity contribution is 7.13. The Morgan fingerprint density at radius 1 is 1.17 bits per heavy atom. The molecule has 1 saturated heterocycles. The highest BCUT2D eigenvalue weighted by Crippen LogP contribution is 2.31. The minimum absolute atomic E-state index is 0.189. The molecular weight excluding hydrogens is 306 g/mol. The van der Waals surface area contributed by atoms with Crippen molar-refractivity contribution in [2.75, 3.05) is 13.1 Å². The summed E-state index contributed by atoms with van der Waals surface area (Å²) in [6.07, 6.45) is 8.83. The van der Waals surface area contributed by atoms with E-state index in [4.69, 9.17) is 0 Å². The Bertz CT molecular complexity index is 786. The number of hydrogen-bond donors (Lipinski definition) is 0. The lowest BCUT2D eigenvalue weighted by atomic mass is 10.2. The summed E-state index contributed by atoms with van der Waals surface area (Å²) in [6.45, 7) is 1.79. The lowest BCUT2D eigenvalue weighted by Gasteiger charge is -2.15. The van der Waals surface area contributed by atoms with Gasteiger partial charge >= 0.3 is 0 Å². The minimum Gasteiger partial charge on any atom is -0.339 e. The van der Waals surface area contributed by atoms with Crippen LogP contribution < -0.4 is 0 Å². The quantitative estimate of drug-likeness (QED) is 0.868. The topological polar surface area (TPSA) is 46.1 Å². The molecule has 4 rings (SSSR count). The van der Waals surface area contributed by atoms with Gasteiger partial charge in [-0.1, -0.05) is 12.1 Å². The molecule has 5 heteroatoms. The molecule has 0 aromatic carbocycles. The average molecular weight is 323 g/mol. The third-order valence-corrected chi connectivity index (χ3v) is 5.09. The van der Waals surface area contributed by atoms with Crippen molar-refractivity contribution < 1.29 is 4.79 Å². The second-order valence-corrected chi connectivity index (χ2v) is 6.64. The van der Waals surface area contributed by atoms with Crippen LogP contribution in [0.15, 0.2) is 47.5 Å². The molecule has 1 aliphatic carbocycles. The molecule has 3 heterocycles. The summed E-state index contributed by atoms with van der Waals surface area (Å²) in [5, 5.41) is 2.95. The van der Waals surface area contributed by atoms with Crippen LogP contribution in [0.3, 0.4) is 0 Å². The van der Waals surface area contributed by atoms with Crippen molar-refractivity contribution in [2.24, 2.45) is 0 Å². The summed E-state index contributed by atoms with van der Waals surface area (Å²) in [7, 11) is 0. The van der Waals surface area contributed by atoms with Gasteiger partial charge in [0.1, 0.15) is 5.01 Å². The first-order valence-corrected chi connectivity index (χ1v) is 8.76. The monoisotopic (exact) mass is 323 g/mol. The lowest BCUT2D eigenvalue weighted by Crippen LogP contribution is -2.28. The van der Waals surface area contributed by atoms with Gasteiger partial charge < -0.3 is 4.90 Å². The van der Waals surface area contributed by atoms with Gasteiger partial charge in [-0.05, 0) is 43.0 Å². The Labute approximate surface area is 139 Å². The fourth-order valence-electron chi connectivity index (χ4n) is 2.99. The number of amides is 1. The number of thiazole rings is 1. The van der Waals surface area contributed by atoms with Crippen LogP contribution in [-0.2, 0) is 4.79 Å². The maximum absolute atomic E-state index is 12.4. The maximum Gasteiger partial charge on any atom is 0.250 e. The minimum atomic E-state index is 0.189. The van der Waals surface area contributed by atoms with E-state index >= 15 is 0 Å². The predicted molar refractivity (Wildman–Crippen MR) is 91.8 cm³/mol. The maximum atomic E-state index is 12.4. The SMILES string of the molecule is O=C(C1=CC(c2csc(-c3ccccn3)n2)=CC1)N1CCCC1. The van der Waals surface area contributed by atoms with E-state index in [9.17, 15) is 4.79 Å².